The molecule has 3 aromatic carbocycles. The molecule has 0 spiro atoms. The van der Waals surface area contributed by atoms with Crippen LogP contribution >= 0.6 is 12.2 Å². The number of alkyl halides is 2. The van der Waals surface area contributed by atoms with E-state index >= 15 is 0 Å². The summed E-state index contributed by atoms with van der Waals surface area (Å²) in [6, 6.07) is 17.0. The Hall–Kier alpha value is -5.42. The van der Waals surface area contributed by atoms with Crippen molar-refractivity contribution in [1.82, 2.24) is 20.1 Å². The molecule has 17 heteroatoms. The monoisotopic (exact) mass is 876 g/mol. The molecule has 1 unspecified atom stereocenters. The van der Waals surface area contributed by atoms with Crippen LogP contribution in [0.5, 0.6) is 5.75 Å². The summed E-state index contributed by atoms with van der Waals surface area (Å²) in [6.07, 6.45) is 7.05. The van der Waals surface area contributed by atoms with Crippen molar-refractivity contribution in [2.45, 2.75) is 102 Å². The van der Waals surface area contributed by atoms with E-state index in [4.69, 9.17) is 22.7 Å². The van der Waals surface area contributed by atoms with Crippen molar-refractivity contribution >= 4 is 67.4 Å². The maximum atomic E-state index is 14.1. The Morgan fingerprint density at radius 1 is 0.934 bits per heavy atom. The molecule has 4 aromatic rings. The second-order valence-electron chi connectivity index (χ2n) is 16.1. The summed E-state index contributed by atoms with van der Waals surface area (Å²) in [5.41, 5.74) is 10.5. The number of amides is 4. The Labute approximate surface area is 358 Å². The lowest BCUT2D eigenvalue weighted by molar-refractivity contribution is -0.137. The summed E-state index contributed by atoms with van der Waals surface area (Å²) in [6.45, 7) is 0.353. The maximum Gasteiger partial charge on any atom is 0.257 e. The highest BCUT2D eigenvalue weighted by molar-refractivity contribution is 7.92. The third-order valence-electron chi connectivity index (χ3n) is 11.7. The lowest BCUT2D eigenvalue weighted by Gasteiger charge is -2.29. The molecule has 2 fully saturated rings. The number of hydrogen-bond donors (Lipinski definition) is 4. The highest BCUT2D eigenvalue weighted by atomic mass is 32.2. The average molecular weight is 877 g/mol. The zero-order valence-electron chi connectivity index (χ0n) is 33.7. The fourth-order valence-electron chi connectivity index (χ4n) is 8.46. The topological polar surface area (TPSA) is 182 Å². The van der Waals surface area contributed by atoms with Gasteiger partial charge in [-0.15, -0.1) is 0 Å². The van der Waals surface area contributed by atoms with Crippen LogP contribution in [0.2, 0.25) is 0 Å². The van der Waals surface area contributed by atoms with Gasteiger partial charge < -0.3 is 25.3 Å². The first-order valence-electron chi connectivity index (χ1n) is 20.8. The number of nitrogens with two attached hydrogens (primary N) is 1. The lowest BCUT2D eigenvalue weighted by Crippen LogP contribution is -2.52. The fraction of sp³-hybridized carbons (Fsp3) is 0.432. The van der Waals surface area contributed by atoms with E-state index in [9.17, 15) is 36.4 Å². The first-order valence-corrected chi connectivity index (χ1v) is 22.8. The number of nitrogens with one attached hydrogen (secondary N) is 3. The number of unbranched alkanes of at least 4 members (excludes halogenated alkanes) is 5. The SMILES string of the molecule is NC(=S)c1cccc(-c2cn(C3CCC(F)(F)CC3)c3cc(NS(=O)(=O)CCCCCCCCNC(=O)COc4cccc5c4CN(C4CCC(=O)NC4=O)C5=O)ccc23)c1. The van der Waals surface area contributed by atoms with Crippen LogP contribution in [0.1, 0.15) is 105 Å². The van der Waals surface area contributed by atoms with E-state index in [1.807, 2.05) is 41.1 Å². The van der Waals surface area contributed by atoms with Crippen LogP contribution in [-0.2, 0) is 31.0 Å². The number of imide groups is 1. The molecular weight excluding hydrogens is 827 g/mol. The smallest absolute Gasteiger partial charge is 0.257 e. The third-order valence-corrected chi connectivity index (χ3v) is 13.3. The number of sulfonamides is 1. The molecule has 3 aliphatic rings. The van der Waals surface area contributed by atoms with Gasteiger partial charge in [-0.05, 0) is 68.0 Å². The molecule has 1 aromatic heterocycles. The Kier molecular flexibility index (Phi) is 13.4. The van der Waals surface area contributed by atoms with Crippen LogP contribution in [0.25, 0.3) is 22.0 Å². The molecule has 1 atom stereocenters. The standard InChI is InChI=1S/C44H50F2N6O7S2/c45-44(46)19-17-31(18-20-44)51-25-34(28-9-7-10-29(23-28)41(47)60)32-14-13-30(24-37(32)51)50-61(57,58)22-6-4-2-1-3-5-21-48-40(54)27-59-38-12-8-11-33-35(38)26-52(43(33)56)36-15-16-39(53)49-42(36)55/h7-14,23-25,31,36,50H,1-6,15-22,26-27H2,(H2,47,60)(H,48,54)(H,49,53,55). The van der Waals surface area contributed by atoms with Gasteiger partial charge in [-0.1, -0.05) is 68.2 Å². The second kappa shape index (κ2) is 18.7. The number of ether oxygens (including phenoxy) is 1. The Morgan fingerprint density at radius 3 is 2.43 bits per heavy atom. The van der Waals surface area contributed by atoms with Crippen LogP contribution in [0.3, 0.4) is 0 Å². The van der Waals surface area contributed by atoms with E-state index in [0.717, 1.165) is 54.1 Å². The van der Waals surface area contributed by atoms with Gasteiger partial charge in [0.25, 0.3) is 11.8 Å². The summed E-state index contributed by atoms with van der Waals surface area (Å²) in [4.78, 5) is 51.2. The number of piperidine rings is 1. The number of aromatic nitrogens is 1. The molecule has 1 saturated heterocycles. The molecule has 5 N–H and O–H groups in total. The normalized spacial score (nSPS) is 17.9. The molecule has 61 heavy (non-hydrogen) atoms. The van der Waals surface area contributed by atoms with Crippen molar-refractivity contribution in [3.05, 3.63) is 83.6 Å². The first-order chi connectivity index (χ1) is 29.2. The van der Waals surface area contributed by atoms with Gasteiger partial charge in [-0.25, -0.2) is 17.2 Å². The van der Waals surface area contributed by atoms with Crippen LogP contribution in [0, 0.1) is 0 Å². The summed E-state index contributed by atoms with van der Waals surface area (Å²) in [5.74, 6) is -3.83. The van der Waals surface area contributed by atoms with E-state index < -0.39 is 27.9 Å². The number of halogens is 2. The van der Waals surface area contributed by atoms with Gasteiger partial charge in [-0.2, -0.15) is 0 Å². The molecular formula is C44H50F2N6O7S2. The summed E-state index contributed by atoms with van der Waals surface area (Å²) in [7, 11) is -3.66. The van der Waals surface area contributed by atoms with Gasteiger partial charge in [0, 0.05) is 65.7 Å². The van der Waals surface area contributed by atoms with Gasteiger partial charge in [0.05, 0.1) is 23.5 Å². The largest absolute Gasteiger partial charge is 0.483 e. The summed E-state index contributed by atoms with van der Waals surface area (Å²) < 4.78 is 65.0. The molecule has 4 amide bonds. The van der Waals surface area contributed by atoms with Crippen molar-refractivity contribution in [1.29, 1.82) is 0 Å². The number of thiocarbonyl (C=S) groups is 1. The number of anilines is 1. The number of fused-ring (bicyclic) bond motifs is 2. The van der Waals surface area contributed by atoms with Crippen LogP contribution in [-0.4, -0.2) is 77.4 Å². The second-order valence-corrected chi connectivity index (χ2v) is 18.4. The van der Waals surface area contributed by atoms with Crippen molar-refractivity contribution in [3.8, 4) is 16.9 Å². The number of benzene rings is 3. The number of hydrogen-bond acceptors (Lipinski definition) is 8. The molecule has 7 rings (SSSR count). The van der Waals surface area contributed by atoms with Gasteiger partial charge in [0.15, 0.2) is 6.61 Å². The van der Waals surface area contributed by atoms with Crippen LogP contribution < -0.4 is 25.8 Å². The molecule has 0 radical (unpaired) electrons. The summed E-state index contributed by atoms with van der Waals surface area (Å²) >= 11 is 5.19. The average Bonchev–Trinajstić information content (AvgIpc) is 3.77. The Morgan fingerprint density at radius 2 is 1.67 bits per heavy atom. The van der Waals surface area contributed by atoms with E-state index in [2.05, 4.69) is 15.4 Å². The number of carbonyl (C=O) groups excluding carboxylic acids is 4. The van der Waals surface area contributed by atoms with Crippen LogP contribution in [0.4, 0.5) is 14.5 Å². The zero-order valence-corrected chi connectivity index (χ0v) is 35.4. The van der Waals surface area contributed by atoms with E-state index in [-0.39, 0.29) is 73.3 Å². The Balaban J connectivity index is 0.834. The quantitative estimate of drug-likeness (QED) is 0.0479. The molecule has 2 aliphatic heterocycles. The minimum atomic E-state index is -3.66. The van der Waals surface area contributed by atoms with Crippen LogP contribution in [0.15, 0.2) is 66.9 Å². The predicted octanol–water partition coefficient (Wildman–Crippen LogP) is 6.73. The van der Waals surface area contributed by atoms with Gasteiger partial charge in [0.1, 0.15) is 16.8 Å². The molecule has 0 bridgehead atoms. The van der Waals surface area contributed by atoms with Crippen molar-refractivity contribution < 1.29 is 41.1 Å². The zero-order chi connectivity index (χ0) is 43.3. The number of nitrogens with zero attached hydrogens (tertiary/aromatic N) is 2. The highest BCUT2D eigenvalue weighted by Gasteiger charge is 2.40. The lowest BCUT2D eigenvalue weighted by atomic mass is 9.92. The van der Waals surface area contributed by atoms with E-state index in [1.165, 1.54) is 4.90 Å². The predicted molar refractivity (Wildman–Crippen MR) is 232 cm³/mol. The fourth-order valence-corrected chi connectivity index (χ4v) is 9.76. The van der Waals surface area contributed by atoms with Gasteiger partial charge >= 0.3 is 0 Å². The number of rotatable bonds is 18. The van der Waals surface area contributed by atoms with Crippen molar-refractivity contribution in [2.75, 3.05) is 23.6 Å². The highest BCUT2D eigenvalue weighted by Crippen LogP contribution is 2.42. The Bertz CT molecular complexity index is 2450. The first kappa shape index (κ1) is 43.7. The third kappa shape index (κ3) is 10.6. The van der Waals surface area contributed by atoms with Gasteiger partial charge in [0.2, 0.25) is 27.8 Å². The number of carbonyl (C=O) groups is 4. The van der Waals surface area contributed by atoms with Gasteiger partial charge in [-0.3, -0.25) is 29.2 Å². The summed E-state index contributed by atoms with van der Waals surface area (Å²) in [5, 5.41) is 5.99. The molecule has 324 valence electrons. The molecule has 3 heterocycles. The minimum absolute atomic E-state index is 0.0510. The van der Waals surface area contributed by atoms with Crippen molar-refractivity contribution in [2.24, 2.45) is 5.73 Å². The van der Waals surface area contributed by atoms with E-state index in [1.54, 1.807) is 30.3 Å². The van der Waals surface area contributed by atoms with E-state index in [0.29, 0.717) is 53.9 Å². The molecule has 1 aliphatic carbocycles. The molecule has 1 saturated carbocycles. The van der Waals surface area contributed by atoms with Crippen molar-refractivity contribution in [3.63, 3.8) is 0 Å². The molecule has 13 nitrogen and oxygen atoms in total. The maximum absolute atomic E-state index is 14.1. The minimum Gasteiger partial charge on any atom is -0.483 e.